The molecule has 3 heterocycles. The summed E-state index contributed by atoms with van der Waals surface area (Å²) in [5, 5.41) is 5.00. The highest BCUT2D eigenvalue weighted by Gasteiger charge is 2.62. The number of carbonyl (C=O) groups excluding carboxylic acids is 1. The highest BCUT2D eigenvalue weighted by Crippen LogP contribution is 2.44. The van der Waals surface area contributed by atoms with Crippen molar-refractivity contribution in [3.05, 3.63) is 42.5 Å². The Bertz CT molecular complexity index is 952. The second-order valence-electron chi connectivity index (χ2n) is 8.61. The summed E-state index contributed by atoms with van der Waals surface area (Å²) in [4.78, 5) is 13.2. The summed E-state index contributed by atoms with van der Waals surface area (Å²) in [5.74, 6) is -1.97. The van der Waals surface area contributed by atoms with Gasteiger partial charge in [0.15, 0.2) is 24.0 Å². The lowest BCUT2D eigenvalue weighted by atomic mass is 9.98. The van der Waals surface area contributed by atoms with Crippen molar-refractivity contribution >= 4 is 22.4 Å². The van der Waals surface area contributed by atoms with Gasteiger partial charge in [-0.1, -0.05) is 36.4 Å². The van der Waals surface area contributed by atoms with Crippen molar-refractivity contribution in [3.8, 4) is 0 Å². The standard InChI is InChI=1S/C22H25NO6/c1-21(2)26-15-16(27-21)18-20(29-22(3,4)28-18)25-17(15)19(24)23-14-11-7-9-12-8-5-6-10-13(12)14/h5-11,15-18,20H,1-4H3,(H,23,24)/t15-,16+,17+,18-,20-/m1/s1. The van der Waals surface area contributed by atoms with Gasteiger partial charge in [0.1, 0.15) is 18.3 Å². The molecule has 5 atom stereocenters. The smallest absolute Gasteiger partial charge is 0.256 e. The molecule has 0 saturated carbocycles. The molecular weight excluding hydrogens is 374 g/mol. The van der Waals surface area contributed by atoms with Crippen LogP contribution in [0.2, 0.25) is 0 Å². The van der Waals surface area contributed by atoms with Gasteiger partial charge in [-0.3, -0.25) is 4.79 Å². The molecule has 0 bridgehead atoms. The lowest BCUT2D eigenvalue weighted by Gasteiger charge is -2.36. The molecule has 7 heteroatoms. The van der Waals surface area contributed by atoms with Gasteiger partial charge >= 0.3 is 0 Å². The minimum atomic E-state index is -0.889. The van der Waals surface area contributed by atoms with Crippen LogP contribution in [-0.4, -0.2) is 48.2 Å². The normalized spacial score (nSPS) is 34.6. The quantitative estimate of drug-likeness (QED) is 0.836. The molecule has 0 spiro atoms. The maximum Gasteiger partial charge on any atom is 0.256 e. The van der Waals surface area contributed by atoms with Crippen molar-refractivity contribution in [2.24, 2.45) is 0 Å². The van der Waals surface area contributed by atoms with Crippen LogP contribution in [0.1, 0.15) is 27.7 Å². The molecule has 0 aromatic heterocycles. The van der Waals surface area contributed by atoms with Crippen molar-refractivity contribution in [3.63, 3.8) is 0 Å². The third-order valence-corrected chi connectivity index (χ3v) is 5.46. The average Bonchev–Trinajstić information content (AvgIpc) is 3.15. The van der Waals surface area contributed by atoms with Gasteiger partial charge in [0.25, 0.3) is 5.91 Å². The summed E-state index contributed by atoms with van der Waals surface area (Å²) in [5.41, 5.74) is 0.720. The van der Waals surface area contributed by atoms with Crippen LogP contribution in [0.5, 0.6) is 0 Å². The largest absolute Gasteiger partial charge is 0.342 e. The molecule has 0 radical (unpaired) electrons. The fourth-order valence-corrected chi connectivity index (χ4v) is 4.36. The Hall–Kier alpha value is -2.03. The maximum atomic E-state index is 13.2. The van der Waals surface area contributed by atoms with Gasteiger partial charge in [-0.2, -0.15) is 0 Å². The topological polar surface area (TPSA) is 75.3 Å². The summed E-state index contributed by atoms with van der Waals surface area (Å²) in [7, 11) is 0. The van der Waals surface area contributed by atoms with E-state index in [2.05, 4.69) is 5.32 Å². The number of ether oxygens (including phenoxy) is 5. The zero-order chi connectivity index (χ0) is 20.4. The zero-order valence-corrected chi connectivity index (χ0v) is 16.9. The molecule has 3 saturated heterocycles. The van der Waals surface area contributed by atoms with Crippen molar-refractivity contribution in [1.29, 1.82) is 0 Å². The van der Waals surface area contributed by atoms with Gasteiger partial charge in [-0.05, 0) is 39.1 Å². The summed E-state index contributed by atoms with van der Waals surface area (Å²) in [6, 6.07) is 13.7. The second kappa shape index (κ2) is 6.48. The molecule has 7 nitrogen and oxygen atoms in total. The van der Waals surface area contributed by atoms with Crippen molar-refractivity contribution < 1.29 is 28.5 Å². The summed E-state index contributed by atoms with van der Waals surface area (Å²) >= 11 is 0. The first-order valence-electron chi connectivity index (χ1n) is 9.88. The highest BCUT2D eigenvalue weighted by molar-refractivity contribution is 6.03. The first-order valence-corrected chi connectivity index (χ1v) is 9.88. The lowest BCUT2D eigenvalue weighted by molar-refractivity contribution is -0.229. The SMILES string of the molecule is CC1(C)O[C@H]2[C@@H](O1)[C@@H](C(=O)Nc1cccc3ccccc13)O[C@@H]1OC(C)(C)O[C@@H]12. The fraction of sp³-hybridized carbons (Fsp3) is 0.500. The number of anilines is 1. The monoisotopic (exact) mass is 399 g/mol. The zero-order valence-electron chi connectivity index (χ0n) is 16.9. The first-order chi connectivity index (χ1) is 13.7. The van der Waals surface area contributed by atoms with Crippen LogP contribution >= 0.6 is 0 Å². The number of nitrogens with one attached hydrogen (secondary N) is 1. The van der Waals surface area contributed by atoms with Crippen LogP contribution in [0.4, 0.5) is 5.69 Å². The minimum Gasteiger partial charge on any atom is -0.342 e. The highest BCUT2D eigenvalue weighted by atomic mass is 16.9. The van der Waals surface area contributed by atoms with Gasteiger partial charge < -0.3 is 29.0 Å². The van der Waals surface area contributed by atoms with Crippen molar-refractivity contribution in [2.75, 3.05) is 5.32 Å². The van der Waals surface area contributed by atoms with E-state index < -0.39 is 42.3 Å². The Morgan fingerprint density at radius 1 is 0.828 bits per heavy atom. The van der Waals surface area contributed by atoms with Gasteiger partial charge in [-0.25, -0.2) is 0 Å². The Labute approximate surface area is 169 Å². The van der Waals surface area contributed by atoms with E-state index in [1.165, 1.54) is 0 Å². The molecule has 3 aliphatic heterocycles. The molecule has 3 fully saturated rings. The molecule has 5 rings (SSSR count). The minimum absolute atomic E-state index is 0.301. The number of amides is 1. The molecule has 154 valence electrons. The molecule has 3 aliphatic rings. The number of hydrogen-bond acceptors (Lipinski definition) is 6. The van der Waals surface area contributed by atoms with Crippen molar-refractivity contribution in [2.45, 2.75) is 70.0 Å². The van der Waals surface area contributed by atoms with E-state index in [1.54, 1.807) is 0 Å². The molecule has 2 aromatic rings. The van der Waals surface area contributed by atoms with Gasteiger partial charge in [0.05, 0.1) is 0 Å². The number of fused-ring (bicyclic) bond motifs is 4. The van der Waals surface area contributed by atoms with E-state index in [1.807, 2.05) is 70.2 Å². The van der Waals surface area contributed by atoms with Crippen LogP contribution < -0.4 is 5.32 Å². The van der Waals surface area contributed by atoms with Crippen molar-refractivity contribution in [1.82, 2.24) is 0 Å². The van der Waals surface area contributed by atoms with E-state index in [0.717, 1.165) is 16.5 Å². The van der Waals surface area contributed by atoms with Crippen LogP contribution in [0.25, 0.3) is 10.8 Å². The van der Waals surface area contributed by atoms with E-state index >= 15 is 0 Å². The van der Waals surface area contributed by atoms with E-state index in [9.17, 15) is 4.79 Å². The molecule has 1 amide bonds. The Morgan fingerprint density at radius 2 is 1.48 bits per heavy atom. The third-order valence-electron chi connectivity index (χ3n) is 5.46. The Morgan fingerprint density at radius 3 is 2.31 bits per heavy atom. The molecule has 0 aliphatic carbocycles. The molecule has 1 N–H and O–H groups in total. The molecule has 0 unspecified atom stereocenters. The number of carbonyl (C=O) groups is 1. The van der Waals surface area contributed by atoms with E-state index in [-0.39, 0.29) is 5.91 Å². The Balaban J connectivity index is 1.44. The van der Waals surface area contributed by atoms with Gasteiger partial charge in [-0.15, -0.1) is 0 Å². The summed E-state index contributed by atoms with van der Waals surface area (Å²) in [6.07, 6.45) is -3.11. The maximum absolute atomic E-state index is 13.2. The predicted molar refractivity (Wildman–Crippen MR) is 105 cm³/mol. The third kappa shape index (κ3) is 3.33. The lowest BCUT2D eigenvalue weighted by Crippen LogP contribution is -2.58. The average molecular weight is 399 g/mol. The van der Waals surface area contributed by atoms with Gasteiger partial charge in [0, 0.05) is 11.1 Å². The molecule has 2 aromatic carbocycles. The fourth-order valence-electron chi connectivity index (χ4n) is 4.36. The predicted octanol–water partition coefficient (Wildman–Crippen LogP) is 3.17. The van der Waals surface area contributed by atoms with Crippen LogP contribution in [0, 0.1) is 0 Å². The Kier molecular flexibility index (Phi) is 4.24. The van der Waals surface area contributed by atoms with Crippen LogP contribution in [0.3, 0.4) is 0 Å². The molecule has 29 heavy (non-hydrogen) atoms. The van der Waals surface area contributed by atoms with Crippen LogP contribution in [-0.2, 0) is 28.5 Å². The second-order valence-corrected chi connectivity index (χ2v) is 8.61. The summed E-state index contributed by atoms with van der Waals surface area (Å²) in [6.45, 7) is 7.27. The number of benzene rings is 2. The molecular formula is C22H25NO6. The van der Waals surface area contributed by atoms with E-state index in [0.29, 0.717) is 0 Å². The summed E-state index contributed by atoms with van der Waals surface area (Å²) < 4.78 is 30.0. The van der Waals surface area contributed by atoms with E-state index in [4.69, 9.17) is 23.7 Å². The van der Waals surface area contributed by atoms with Gasteiger partial charge in [0.2, 0.25) is 0 Å². The first kappa shape index (κ1) is 19.0. The number of hydrogen-bond donors (Lipinski definition) is 1. The number of rotatable bonds is 2. The van der Waals surface area contributed by atoms with Crippen LogP contribution in [0.15, 0.2) is 42.5 Å².